The molecule has 174 valence electrons. The first kappa shape index (κ1) is 21.9. The molecule has 34 heavy (non-hydrogen) atoms. The van der Waals surface area contributed by atoms with E-state index in [-0.39, 0.29) is 0 Å². The summed E-state index contributed by atoms with van der Waals surface area (Å²) in [6.45, 7) is 4.33. The highest BCUT2D eigenvalue weighted by Gasteiger charge is 2.33. The van der Waals surface area contributed by atoms with Crippen molar-refractivity contribution < 1.29 is 14.2 Å². The van der Waals surface area contributed by atoms with Crippen molar-refractivity contribution in [3.63, 3.8) is 0 Å². The van der Waals surface area contributed by atoms with Crippen molar-refractivity contribution >= 4 is 17.3 Å². The molecule has 0 aliphatic carbocycles. The number of methoxy groups -OCH3 is 2. The minimum Gasteiger partial charge on any atom is -0.496 e. The molecule has 5 rings (SSSR count). The number of anilines is 1. The SMILES string of the molecule is CCOc1ccc(C2=CN(c3ccc(-c4ccccc4OC)cc3)C3=NCCCN23)c(OC)c1. The summed E-state index contributed by atoms with van der Waals surface area (Å²) in [5.74, 6) is 3.40. The van der Waals surface area contributed by atoms with Gasteiger partial charge in [-0.2, -0.15) is 0 Å². The summed E-state index contributed by atoms with van der Waals surface area (Å²) < 4.78 is 16.9. The van der Waals surface area contributed by atoms with Gasteiger partial charge in [0.2, 0.25) is 5.96 Å². The van der Waals surface area contributed by atoms with Crippen LogP contribution in [0.1, 0.15) is 18.9 Å². The van der Waals surface area contributed by atoms with E-state index < -0.39 is 0 Å². The zero-order valence-corrected chi connectivity index (χ0v) is 19.8. The number of rotatable bonds is 7. The number of guanidine groups is 1. The predicted molar refractivity (Wildman–Crippen MR) is 137 cm³/mol. The Morgan fingerprint density at radius 1 is 0.882 bits per heavy atom. The van der Waals surface area contributed by atoms with Gasteiger partial charge in [0.15, 0.2) is 0 Å². The molecule has 0 amide bonds. The number of hydrogen-bond acceptors (Lipinski definition) is 6. The van der Waals surface area contributed by atoms with Gasteiger partial charge in [0, 0.05) is 42.2 Å². The van der Waals surface area contributed by atoms with Gasteiger partial charge in [0.05, 0.1) is 26.5 Å². The van der Waals surface area contributed by atoms with Crippen molar-refractivity contribution in [2.45, 2.75) is 13.3 Å². The van der Waals surface area contributed by atoms with E-state index in [4.69, 9.17) is 19.2 Å². The molecule has 0 spiro atoms. The summed E-state index contributed by atoms with van der Waals surface area (Å²) in [5, 5.41) is 0. The highest BCUT2D eigenvalue weighted by Crippen LogP contribution is 2.39. The molecule has 2 heterocycles. The Morgan fingerprint density at radius 3 is 2.44 bits per heavy atom. The number of ether oxygens (including phenoxy) is 3. The molecule has 3 aromatic rings. The van der Waals surface area contributed by atoms with E-state index in [0.29, 0.717) is 6.61 Å². The van der Waals surface area contributed by atoms with Crippen LogP contribution in [0.2, 0.25) is 0 Å². The average Bonchev–Trinajstić information content (AvgIpc) is 3.28. The van der Waals surface area contributed by atoms with E-state index >= 15 is 0 Å². The van der Waals surface area contributed by atoms with Crippen LogP contribution in [-0.4, -0.2) is 44.8 Å². The molecular formula is C28H29N3O3. The fraction of sp³-hybridized carbons (Fsp3) is 0.250. The third-order valence-corrected chi connectivity index (χ3v) is 6.12. The maximum Gasteiger partial charge on any atom is 0.210 e. The molecule has 6 nitrogen and oxygen atoms in total. The first-order chi connectivity index (χ1) is 16.7. The van der Waals surface area contributed by atoms with Crippen molar-refractivity contribution in [3.05, 3.63) is 78.5 Å². The molecule has 0 saturated heterocycles. The molecule has 0 atom stereocenters. The second-order valence-corrected chi connectivity index (χ2v) is 8.11. The van der Waals surface area contributed by atoms with Crippen molar-refractivity contribution in [2.75, 3.05) is 38.8 Å². The lowest BCUT2D eigenvalue weighted by Crippen LogP contribution is -2.38. The summed E-state index contributed by atoms with van der Waals surface area (Å²) in [5.41, 5.74) is 5.34. The minimum absolute atomic E-state index is 0.618. The van der Waals surface area contributed by atoms with E-state index in [1.807, 2.05) is 37.3 Å². The maximum absolute atomic E-state index is 5.73. The maximum atomic E-state index is 5.73. The Balaban J connectivity index is 1.51. The van der Waals surface area contributed by atoms with Crippen molar-refractivity contribution in [2.24, 2.45) is 4.99 Å². The molecule has 6 heteroatoms. The Kier molecular flexibility index (Phi) is 6.12. The Hall–Kier alpha value is -3.93. The number of hydrogen-bond donors (Lipinski definition) is 0. The second-order valence-electron chi connectivity index (χ2n) is 8.11. The van der Waals surface area contributed by atoms with Gasteiger partial charge in [-0.3, -0.25) is 9.89 Å². The highest BCUT2D eigenvalue weighted by atomic mass is 16.5. The van der Waals surface area contributed by atoms with Crippen LogP contribution in [0.25, 0.3) is 16.8 Å². The Labute approximate surface area is 200 Å². The molecule has 2 aliphatic rings. The summed E-state index contributed by atoms with van der Waals surface area (Å²) in [7, 11) is 3.40. The number of benzene rings is 3. The molecule has 0 N–H and O–H groups in total. The quantitative estimate of drug-likeness (QED) is 0.461. The number of fused-ring (bicyclic) bond motifs is 1. The van der Waals surface area contributed by atoms with Gasteiger partial charge in [0.25, 0.3) is 0 Å². The van der Waals surface area contributed by atoms with Crippen LogP contribution >= 0.6 is 0 Å². The van der Waals surface area contributed by atoms with Crippen molar-refractivity contribution in [1.82, 2.24) is 4.90 Å². The third-order valence-electron chi connectivity index (χ3n) is 6.12. The highest BCUT2D eigenvalue weighted by molar-refractivity contribution is 6.08. The van der Waals surface area contributed by atoms with Crippen LogP contribution in [0.3, 0.4) is 0 Å². The molecule has 0 fully saturated rings. The van der Waals surface area contributed by atoms with Gasteiger partial charge in [-0.05, 0) is 49.2 Å². The Morgan fingerprint density at radius 2 is 1.68 bits per heavy atom. The van der Waals surface area contributed by atoms with Crippen LogP contribution in [0, 0.1) is 0 Å². The number of aliphatic imine (C=N–C) groups is 1. The third kappa shape index (κ3) is 3.96. The smallest absolute Gasteiger partial charge is 0.210 e. The molecule has 0 unspecified atom stereocenters. The van der Waals surface area contributed by atoms with Crippen molar-refractivity contribution in [1.29, 1.82) is 0 Å². The number of para-hydroxylation sites is 1. The molecule has 3 aromatic carbocycles. The molecule has 0 bridgehead atoms. The normalized spacial score (nSPS) is 14.9. The Bertz CT molecular complexity index is 1230. The largest absolute Gasteiger partial charge is 0.496 e. The van der Waals surface area contributed by atoms with Gasteiger partial charge in [-0.25, -0.2) is 0 Å². The molecular weight excluding hydrogens is 426 g/mol. The van der Waals surface area contributed by atoms with E-state index in [1.54, 1.807) is 14.2 Å². The summed E-state index contributed by atoms with van der Waals surface area (Å²) in [4.78, 5) is 9.30. The van der Waals surface area contributed by atoms with Crippen molar-refractivity contribution in [3.8, 4) is 28.4 Å². The van der Waals surface area contributed by atoms with E-state index in [9.17, 15) is 0 Å². The van der Waals surface area contributed by atoms with Crippen LogP contribution in [-0.2, 0) is 0 Å². The molecule has 0 aromatic heterocycles. The van der Waals surface area contributed by atoms with Gasteiger partial charge in [-0.1, -0.05) is 30.3 Å². The van der Waals surface area contributed by atoms with Gasteiger partial charge < -0.3 is 19.1 Å². The standard InChI is InChI=1S/C28H29N3O3/c1-4-34-22-14-15-24(27(18-22)33-3)25-19-31(28-29-16-7-17-30(25)28)21-12-10-20(11-13-21)23-8-5-6-9-26(23)32-2/h5-6,8-15,18-19H,4,7,16-17H2,1-3H3. The molecule has 0 saturated carbocycles. The first-order valence-electron chi connectivity index (χ1n) is 11.6. The average molecular weight is 456 g/mol. The summed E-state index contributed by atoms with van der Waals surface area (Å²) >= 11 is 0. The van der Waals surface area contributed by atoms with E-state index in [0.717, 1.165) is 70.8 Å². The van der Waals surface area contributed by atoms with Crippen LogP contribution in [0.15, 0.2) is 77.9 Å². The monoisotopic (exact) mass is 455 g/mol. The molecule has 2 aliphatic heterocycles. The van der Waals surface area contributed by atoms with Gasteiger partial charge >= 0.3 is 0 Å². The minimum atomic E-state index is 0.618. The van der Waals surface area contributed by atoms with Gasteiger partial charge in [-0.15, -0.1) is 0 Å². The fourth-order valence-corrected chi connectivity index (χ4v) is 4.51. The van der Waals surface area contributed by atoms with Crippen LogP contribution < -0.4 is 19.1 Å². The summed E-state index contributed by atoms with van der Waals surface area (Å²) in [6, 6.07) is 22.6. The lowest BCUT2D eigenvalue weighted by atomic mass is 10.0. The summed E-state index contributed by atoms with van der Waals surface area (Å²) in [6.07, 6.45) is 3.17. The molecule has 0 radical (unpaired) electrons. The number of nitrogens with zero attached hydrogens (tertiary/aromatic N) is 3. The topological polar surface area (TPSA) is 46.5 Å². The van der Waals surface area contributed by atoms with Crippen LogP contribution in [0.4, 0.5) is 5.69 Å². The zero-order valence-electron chi connectivity index (χ0n) is 19.8. The first-order valence-corrected chi connectivity index (χ1v) is 11.6. The second kappa shape index (κ2) is 9.51. The lowest BCUT2D eigenvalue weighted by Gasteiger charge is -2.29. The predicted octanol–water partition coefficient (Wildman–Crippen LogP) is 5.65. The fourth-order valence-electron chi connectivity index (χ4n) is 4.51. The zero-order chi connectivity index (χ0) is 23.5. The lowest BCUT2D eigenvalue weighted by molar-refractivity contribution is 0.336. The van der Waals surface area contributed by atoms with Crippen LogP contribution in [0.5, 0.6) is 17.2 Å². The van der Waals surface area contributed by atoms with E-state index in [2.05, 4.69) is 52.4 Å². The van der Waals surface area contributed by atoms with Gasteiger partial charge in [0.1, 0.15) is 17.2 Å². The van der Waals surface area contributed by atoms with E-state index in [1.165, 1.54) is 0 Å².